The first-order valence-corrected chi connectivity index (χ1v) is 5.15. The molecule has 14 heavy (non-hydrogen) atoms. The summed E-state index contributed by atoms with van der Waals surface area (Å²) in [5.74, 6) is 0.840. The molecule has 0 fully saturated rings. The fraction of sp³-hybridized carbons (Fsp3) is 0.273. The fourth-order valence-electron chi connectivity index (χ4n) is 1.30. The van der Waals surface area contributed by atoms with Gasteiger partial charge in [0.1, 0.15) is 5.75 Å². The van der Waals surface area contributed by atoms with Gasteiger partial charge in [-0.2, -0.15) is 0 Å². The molecule has 0 aliphatic heterocycles. The monoisotopic (exact) mass is 255 g/mol. The summed E-state index contributed by atoms with van der Waals surface area (Å²) >= 11 is 3.45. The average molecular weight is 256 g/mol. The zero-order chi connectivity index (χ0) is 10.6. The van der Waals surface area contributed by atoms with Crippen LogP contribution in [0, 0.1) is 0 Å². The van der Waals surface area contributed by atoms with Crippen LogP contribution < -0.4 is 10.1 Å². The number of nitrogens with one attached hydrogen (secondary N) is 1. The van der Waals surface area contributed by atoms with Gasteiger partial charge in [0.05, 0.1) is 17.6 Å². The predicted octanol–water partition coefficient (Wildman–Crippen LogP) is 2.90. The molecule has 0 heterocycles. The highest BCUT2D eigenvalue weighted by atomic mass is 79.9. The quantitative estimate of drug-likeness (QED) is 0.836. The number of rotatable bonds is 4. The molecule has 2 nitrogen and oxygen atoms in total. The van der Waals surface area contributed by atoms with Crippen LogP contribution >= 0.6 is 15.9 Å². The van der Waals surface area contributed by atoms with Crippen molar-refractivity contribution in [3.8, 4) is 5.75 Å². The van der Waals surface area contributed by atoms with Gasteiger partial charge in [0.15, 0.2) is 0 Å². The maximum absolute atomic E-state index is 5.15. The highest BCUT2D eigenvalue weighted by Crippen LogP contribution is 2.28. The van der Waals surface area contributed by atoms with Gasteiger partial charge in [-0.3, -0.25) is 0 Å². The summed E-state index contributed by atoms with van der Waals surface area (Å²) in [6, 6.07) is 6.17. The zero-order valence-corrected chi connectivity index (χ0v) is 9.97. The van der Waals surface area contributed by atoms with E-state index in [4.69, 9.17) is 4.74 Å². The summed E-state index contributed by atoms with van der Waals surface area (Å²) in [5, 5.41) is 3.15. The van der Waals surface area contributed by atoms with E-state index in [-0.39, 0.29) is 6.04 Å². The Morgan fingerprint density at radius 1 is 1.57 bits per heavy atom. The summed E-state index contributed by atoms with van der Waals surface area (Å²) in [4.78, 5) is 0. The molecule has 1 N–H and O–H groups in total. The third-order valence-electron chi connectivity index (χ3n) is 2.08. The average Bonchev–Trinajstić information content (AvgIpc) is 2.20. The van der Waals surface area contributed by atoms with Crippen molar-refractivity contribution in [2.24, 2.45) is 0 Å². The Labute approximate surface area is 93.1 Å². The Morgan fingerprint density at radius 2 is 2.29 bits per heavy atom. The van der Waals surface area contributed by atoms with E-state index < -0.39 is 0 Å². The second-order valence-electron chi connectivity index (χ2n) is 2.90. The number of ether oxygens (including phenoxy) is 1. The number of methoxy groups -OCH3 is 1. The van der Waals surface area contributed by atoms with Gasteiger partial charge in [-0.25, -0.2) is 0 Å². The molecule has 0 radical (unpaired) electrons. The van der Waals surface area contributed by atoms with Gasteiger partial charge in [0.2, 0.25) is 0 Å². The summed E-state index contributed by atoms with van der Waals surface area (Å²) in [5.41, 5.74) is 1.16. The molecule has 1 aromatic carbocycles. The van der Waals surface area contributed by atoms with E-state index in [9.17, 15) is 0 Å². The molecule has 0 saturated carbocycles. The minimum absolute atomic E-state index is 0.178. The largest absolute Gasteiger partial charge is 0.496 e. The lowest BCUT2D eigenvalue weighted by Gasteiger charge is -2.13. The molecule has 0 aliphatic carbocycles. The number of hydrogen-bond donors (Lipinski definition) is 1. The molecule has 0 saturated heterocycles. The Morgan fingerprint density at radius 3 is 2.71 bits per heavy atom. The molecule has 1 unspecified atom stereocenters. The molecule has 1 rings (SSSR count). The predicted molar refractivity (Wildman–Crippen MR) is 62.7 cm³/mol. The minimum Gasteiger partial charge on any atom is -0.496 e. The molecule has 0 aliphatic rings. The van der Waals surface area contributed by atoms with Crippen molar-refractivity contribution in [3.63, 3.8) is 0 Å². The van der Waals surface area contributed by atoms with Crippen molar-refractivity contribution >= 4 is 15.9 Å². The Balaban J connectivity index is 3.01. The molecule has 0 bridgehead atoms. The van der Waals surface area contributed by atoms with Crippen LogP contribution in [-0.4, -0.2) is 14.2 Å². The lowest BCUT2D eigenvalue weighted by atomic mass is 10.1. The van der Waals surface area contributed by atoms with Crippen LogP contribution in [0.4, 0.5) is 0 Å². The van der Waals surface area contributed by atoms with Gasteiger partial charge in [0, 0.05) is 0 Å². The van der Waals surface area contributed by atoms with E-state index in [2.05, 4.69) is 27.8 Å². The van der Waals surface area contributed by atoms with Crippen LogP contribution in [-0.2, 0) is 0 Å². The normalized spacial score (nSPS) is 12.2. The van der Waals surface area contributed by atoms with Crippen LogP contribution in [0.25, 0.3) is 0 Å². The number of likely N-dealkylation sites (N-methyl/N-ethyl adjacent to an activating group) is 1. The maximum Gasteiger partial charge on any atom is 0.133 e. The van der Waals surface area contributed by atoms with Gasteiger partial charge in [-0.05, 0) is 40.7 Å². The summed E-state index contributed by atoms with van der Waals surface area (Å²) in [7, 11) is 3.56. The topological polar surface area (TPSA) is 21.3 Å². The number of hydrogen-bond acceptors (Lipinski definition) is 2. The van der Waals surface area contributed by atoms with Crippen molar-refractivity contribution in [2.45, 2.75) is 6.04 Å². The Bertz CT molecular complexity index is 325. The van der Waals surface area contributed by atoms with Gasteiger partial charge in [0.25, 0.3) is 0 Å². The fourth-order valence-corrected chi connectivity index (χ4v) is 1.86. The Kier molecular flexibility index (Phi) is 4.17. The van der Waals surface area contributed by atoms with Crippen LogP contribution in [0.2, 0.25) is 0 Å². The van der Waals surface area contributed by atoms with E-state index >= 15 is 0 Å². The number of halogens is 1. The van der Waals surface area contributed by atoms with Crippen molar-refractivity contribution < 1.29 is 4.74 Å². The van der Waals surface area contributed by atoms with Crippen LogP contribution in [0.1, 0.15) is 11.6 Å². The van der Waals surface area contributed by atoms with Crippen molar-refractivity contribution in [3.05, 3.63) is 40.9 Å². The molecular weight excluding hydrogens is 242 g/mol. The molecule has 1 atom stereocenters. The molecule has 0 spiro atoms. The molecule has 0 aromatic heterocycles. The van der Waals surface area contributed by atoms with Crippen LogP contribution in [0.5, 0.6) is 5.75 Å². The zero-order valence-electron chi connectivity index (χ0n) is 8.38. The maximum atomic E-state index is 5.15. The first-order chi connectivity index (χ1) is 6.72. The lowest BCUT2D eigenvalue weighted by Crippen LogP contribution is -2.13. The third-order valence-corrected chi connectivity index (χ3v) is 2.70. The van der Waals surface area contributed by atoms with Crippen LogP contribution in [0.15, 0.2) is 35.3 Å². The molecule has 0 amide bonds. The van der Waals surface area contributed by atoms with E-state index in [1.165, 1.54) is 0 Å². The van der Waals surface area contributed by atoms with Crippen molar-refractivity contribution in [1.82, 2.24) is 5.32 Å². The summed E-state index contributed by atoms with van der Waals surface area (Å²) in [6.45, 7) is 3.77. The second kappa shape index (κ2) is 5.17. The molecular formula is C11H14BrNO. The highest BCUT2D eigenvalue weighted by molar-refractivity contribution is 9.10. The van der Waals surface area contributed by atoms with E-state index in [1.54, 1.807) is 7.11 Å². The molecule has 76 valence electrons. The van der Waals surface area contributed by atoms with Gasteiger partial charge >= 0.3 is 0 Å². The first kappa shape index (κ1) is 11.3. The smallest absolute Gasteiger partial charge is 0.133 e. The van der Waals surface area contributed by atoms with Crippen LogP contribution in [0.3, 0.4) is 0 Å². The van der Waals surface area contributed by atoms with Crippen molar-refractivity contribution in [1.29, 1.82) is 0 Å². The summed E-state index contributed by atoms with van der Waals surface area (Å²) < 4.78 is 6.11. The van der Waals surface area contributed by atoms with Gasteiger partial charge in [-0.15, -0.1) is 6.58 Å². The third kappa shape index (κ3) is 2.36. The minimum atomic E-state index is 0.178. The van der Waals surface area contributed by atoms with E-state index in [1.807, 2.05) is 31.3 Å². The first-order valence-electron chi connectivity index (χ1n) is 4.36. The van der Waals surface area contributed by atoms with E-state index in [0.29, 0.717) is 0 Å². The van der Waals surface area contributed by atoms with Gasteiger partial charge in [-0.1, -0.05) is 12.1 Å². The van der Waals surface area contributed by atoms with Gasteiger partial charge < -0.3 is 10.1 Å². The standard InChI is InChI=1S/C11H14BrNO/c1-4-10(13-2)8-5-6-11(14-3)9(12)7-8/h4-7,10,13H,1H2,2-3H3. The summed E-state index contributed by atoms with van der Waals surface area (Å²) in [6.07, 6.45) is 1.87. The Hall–Kier alpha value is -0.800. The highest BCUT2D eigenvalue weighted by Gasteiger charge is 2.07. The number of benzene rings is 1. The molecule has 1 aromatic rings. The SMILES string of the molecule is C=CC(NC)c1ccc(OC)c(Br)c1. The lowest BCUT2D eigenvalue weighted by molar-refractivity contribution is 0.412. The second-order valence-corrected chi connectivity index (χ2v) is 3.75. The van der Waals surface area contributed by atoms with Crippen molar-refractivity contribution in [2.75, 3.05) is 14.2 Å². The molecule has 3 heteroatoms. The van der Waals surface area contributed by atoms with E-state index in [0.717, 1.165) is 15.8 Å².